The molecule has 3 unspecified atom stereocenters. The van der Waals surface area contributed by atoms with Crippen LogP contribution in [0.2, 0.25) is 0 Å². The van der Waals surface area contributed by atoms with Crippen molar-refractivity contribution < 1.29 is 4.74 Å². The Labute approximate surface area is 100 Å². The highest BCUT2D eigenvalue weighted by atomic mass is 16.5. The van der Waals surface area contributed by atoms with E-state index >= 15 is 0 Å². The molecule has 2 rings (SSSR count). The molecule has 0 aromatic heterocycles. The van der Waals surface area contributed by atoms with Gasteiger partial charge in [0.15, 0.2) is 0 Å². The van der Waals surface area contributed by atoms with Crippen LogP contribution in [0.1, 0.15) is 53.4 Å². The Morgan fingerprint density at radius 1 is 1.25 bits per heavy atom. The van der Waals surface area contributed by atoms with E-state index in [0.717, 1.165) is 19.1 Å². The molecular formula is C14H27NO. The van der Waals surface area contributed by atoms with Crippen LogP contribution in [0.4, 0.5) is 0 Å². The van der Waals surface area contributed by atoms with Crippen LogP contribution in [0.3, 0.4) is 0 Å². The van der Waals surface area contributed by atoms with Gasteiger partial charge in [-0.1, -0.05) is 20.8 Å². The van der Waals surface area contributed by atoms with Gasteiger partial charge in [-0.05, 0) is 43.9 Å². The van der Waals surface area contributed by atoms with Crippen LogP contribution in [0.15, 0.2) is 0 Å². The van der Waals surface area contributed by atoms with Crippen LogP contribution in [-0.2, 0) is 4.74 Å². The summed E-state index contributed by atoms with van der Waals surface area (Å²) in [5, 5.41) is 3.74. The summed E-state index contributed by atoms with van der Waals surface area (Å²) in [7, 11) is 0. The van der Waals surface area contributed by atoms with Crippen molar-refractivity contribution in [1.29, 1.82) is 0 Å². The number of ether oxygens (including phenoxy) is 1. The van der Waals surface area contributed by atoms with Crippen molar-refractivity contribution in [1.82, 2.24) is 5.32 Å². The minimum absolute atomic E-state index is 0.104. The van der Waals surface area contributed by atoms with E-state index in [1.165, 1.54) is 25.7 Å². The summed E-state index contributed by atoms with van der Waals surface area (Å²) in [6.07, 6.45) is 5.10. The molecule has 1 saturated heterocycles. The van der Waals surface area contributed by atoms with Gasteiger partial charge >= 0.3 is 0 Å². The molecule has 0 amide bonds. The first-order valence-corrected chi connectivity index (χ1v) is 6.78. The predicted molar refractivity (Wildman–Crippen MR) is 67.6 cm³/mol. The largest absolute Gasteiger partial charge is 0.374 e. The van der Waals surface area contributed by atoms with Crippen molar-refractivity contribution in [2.45, 2.75) is 65.0 Å². The van der Waals surface area contributed by atoms with Gasteiger partial charge in [0.05, 0.1) is 5.60 Å². The summed E-state index contributed by atoms with van der Waals surface area (Å²) in [4.78, 5) is 0. The Balaban J connectivity index is 1.82. The Kier molecular flexibility index (Phi) is 3.33. The normalized spacial score (nSPS) is 42.8. The minimum Gasteiger partial charge on any atom is -0.374 e. The SMILES string of the molecule is CC1CC(C)(C)CC1NCC1(C)CCCO1. The van der Waals surface area contributed by atoms with E-state index in [9.17, 15) is 0 Å². The number of rotatable bonds is 3. The second-order valence-corrected chi connectivity index (χ2v) is 6.94. The molecule has 2 fully saturated rings. The monoisotopic (exact) mass is 225 g/mol. The smallest absolute Gasteiger partial charge is 0.0779 e. The third-order valence-corrected chi connectivity index (χ3v) is 4.37. The lowest BCUT2D eigenvalue weighted by molar-refractivity contribution is 0.0178. The number of nitrogens with one attached hydrogen (secondary N) is 1. The highest BCUT2D eigenvalue weighted by molar-refractivity contribution is 4.93. The van der Waals surface area contributed by atoms with Crippen LogP contribution in [0.5, 0.6) is 0 Å². The highest BCUT2D eigenvalue weighted by Gasteiger charge is 2.38. The van der Waals surface area contributed by atoms with Crippen LogP contribution >= 0.6 is 0 Å². The van der Waals surface area contributed by atoms with Crippen molar-refractivity contribution >= 4 is 0 Å². The molecule has 2 aliphatic rings. The molecule has 16 heavy (non-hydrogen) atoms. The van der Waals surface area contributed by atoms with Crippen molar-refractivity contribution in [3.8, 4) is 0 Å². The lowest BCUT2D eigenvalue weighted by Crippen LogP contribution is -2.43. The number of hydrogen-bond acceptors (Lipinski definition) is 2. The molecule has 2 heteroatoms. The summed E-state index contributed by atoms with van der Waals surface area (Å²) in [5.41, 5.74) is 0.626. The fourth-order valence-corrected chi connectivity index (χ4v) is 3.49. The first-order valence-electron chi connectivity index (χ1n) is 6.78. The molecule has 1 aliphatic carbocycles. The van der Waals surface area contributed by atoms with E-state index in [1.54, 1.807) is 0 Å². The highest BCUT2D eigenvalue weighted by Crippen LogP contribution is 2.41. The molecule has 0 aromatic carbocycles. The van der Waals surface area contributed by atoms with Crippen LogP contribution in [-0.4, -0.2) is 24.8 Å². The fraction of sp³-hybridized carbons (Fsp3) is 1.00. The first kappa shape index (κ1) is 12.4. The molecule has 1 heterocycles. The van der Waals surface area contributed by atoms with Gasteiger partial charge in [-0.2, -0.15) is 0 Å². The van der Waals surface area contributed by atoms with Gasteiger partial charge in [0, 0.05) is 19.2 Å². The van der Waals surface area contributed by atoms with Gasteiger partial charge in [-0.3, -0.25) is 0 Å². The van der Waals surface area contributed by atoms with E-state index < -0.39 is 0 Å². The lowest BCUT2D eigenvalue weighted by Gasteiger charge is -2.27. The molecule has 0 bridgehead atoms. The van der Waals surface area contributed by atoms with E-state index in [2.05, 4.69) is 33.0 Å². The first-order chi connectivity index (χ1) is 7.40. The van der Waals surface area contributed by atoms with E-state index in [0.29, 0.717) is 11.5 Å². The Hall–Kier alpha value is -0.0800. The summed E-state index contributed by atoms with van der Waals surface area (Å²) in [6, 6.07) is 0.691. The standard InChI is InChI=1S/C14H27NO/c1-11-8-13(2,3)9-12(11)15-10-14(4)6-5-7-16-14/h11-12,15H,5-10H2,1-4H3. The molecule has 0 radical (unpaired) electrons. The van der Waals surface area contributed by atoms with E-state index in [-0.39, 0.29) is 5.60 Å². The molecule has 1 N–H and O–H groups in total. The summed E-state index contributed by atoms with van der Waals surface area (Å²) >= 11 is 0. The van der Waals surface area contributed by atoms with Crippen molar-refractivity contribution in [2.75, 3.05) is 13.2 Å². The molecule has 1 saturated carbocycles. The van der Waals surface area contributed by atoms with Gasteiger partial charge in [0.1, 0.15) is 0 Å². The topological polar surface area (TPSA) is 21.3 Å². The second kappa shape index (κ2) is 4.30. The lowest BCUT2D eigenvalue weighted by atomic mass is 9.91. The van der Waals surface area contributed by atoms with Crippen LogP contribution < -0.4 is 5.32 Å². The van der Waals surface area contributed by atoms with E-state index in [4.69, 9.17) is 4.74 Å². The van der Waals surface area contributed by atoms with Crippen LogP contribution in [0.25, 0.3) is 0 Å². The maximum Gasteiger partial charge on any atom is 0.0779 e. The zero-order valence-corrected chi connectivity index (χ0v) is 11.3. The molecule has 1 aliphatic heterocycles. The van der Waals surface area contributed by atoms with Crippen molar-refractivity contribution in [3.05, 3.63) is 0 Å². The van der Waals surface area contributed by atoms with Crippen molar-refractivity contribution in [2.24, 2.45) is 11.3 Å². The molecule has 94 valence electrons. The molecule has 0 aromatic rings. The molecule has 3 atom stereocenters. The zero-order valence-electron chi connectivity index (χ0n) is 11.3. The van der Waals surface area contributed by atoms with Gasteiger partial charge in [0.25, 0.3) is 0 Å². The summed E-state index contributed by atoms with van der Waals surface area (Å²) < 4.78 is 5.82. The molecule has 2 nitrogen and oxygen atoms in total. The third kappa shape index (κ3) is 2.78. The second-order valence-electron chi connectivity index (χ2n) is 6.94. The van der Waals surface area contributed by atoms with Gasteiger partial charge in [-0.15, -0.1) is 0 Å². The summed E-state index contributed by atoms with van der Waals surface area (Å²) in [6.45, 7) is 11.4. The predicted octanol–water partition coefficient (Wildman–Crippen LogP) is 2.97. The fourth-order valence-electron chi connectivity index (χ4n) is 3.49. The summed E-state index contributed by atoms with van der Waals surface area (Å²) in [5.74, 6) is 0.806. The minimum atomic E-state index is 0.104. The Morgan fingerprint density at radius 2 is 2.00 bits per heavy atom. The third-order valence-electron chi connectivity index (χ3n) is 4.37. The van der Waals surface area contributed by atoms with Crippen molar-refractivity contribution in [3.63, 3.8) is 0 Å². The maximum atomic E-state index is 5.82. The van der Waals surface area contributed by atoms with Gasteiger partial charge in [-0.25, -0.2) is 0 Å². The average Bonchev–Trinajstić information content (AvgIpc) is 2.68. The van der Waals surface area contributed by atoms with Gasteiger partial charge in [0.2, 0.25) is 0 Å². The average molecular weight is 225 g/mol. The van der Waals surface area contributed by atoms with E-state index in [1.807, 2.05) is 0 Å². The Bertz CT molecular complexity index is 243. The maximum absolute atomic E-state index is 5.82. The Morgan fingerprint density at radius 3 is 2.50 bits per heavy atom. The van der Waals surface area contributed by atoms with Crippen LogP contribution in [0, 0.1) is 11.3 Å². The zero-order chi connectivity index (χ0) is 11.8. The number of hydrogen-bond donors (Lipinski definition) is 1. The molecular weight excluding hydrogens is 198 g/mol. The molecule has 0 spiro atoms. The quantitative estimate of drug-likeness (QED) is 0.797. The van der Waals surface area contributed by atoms with Gasteiger partial charge < -0.3 is 10.1 Å².